The first kappa shape index (κ1) is 42.9. The zero-order valence-electron chi connectivity index (χ0n) is 29.1. The maximum Gasteiger partial charge on any atom is 0.491 e. The fraction of sp³-hybridized carbons (Fsp3) is 0.471. The van der Waals surface area contributed by atoms with Crippen molar-refractivity contribution in [3.05, 3.63) is 64.7 Å². The summed E-state index contributed by atoms with van der Waals surface area (Å²) in [5, 5.41) is 7.90. The van der Waals surface area contributed by atoms with Crippen molar-refractivity contribution >= 4 is 35.6 Å². The molecule has 0 bridgehead atoms. The van der Waals surface area contributed by atoms with Gasteiger partial charge in [0.2, 0.25) is 23.6 Å². The highest BCUT2D eigenvalue weighted by molar-refractivity contribution is 5.94. The number of ether oxygens (including phenoxy) is 1. The highest BCUT2D eigenvalue weighted by Crippen LogP contribution is 2.26. The van der Waals surface area contributed by atoms with Crippen molar-refractivity contribution in [2.45, 2.75) is 89.1 Å². The van der Waals surface area contributed by atoms with Crippen LogP contribution in [0, 0.1) is 13.8 Å². The molecule has 0 aliphatic carbocycles. The number of carbonyl (C=O) groups excluding carboxylic acids is 5. The van der Waals surface area contributed by atoms with E-state index in [0.29, 0.717) is 42.5 Å². The van der Waals surface area contributed by atoms with Gasteiger partial charge in [-0.1, -0.05) is 30.3 Å². The summed E-state index contributed by atoms with van der Waals surface area (Å²) in [6.45, 7) is 3.57. The molecule has 286 valence electrons. The van der Waals surface area contributed by atoms with E-state index in [1.165, 1.54) is 26.0 Å². The largest absolute Gasteiger partial charge is 0.491 e. The first-order valence-electron chi connectivity index (χ1n) is 16.6. The van der Waals surface area contributed by atoms with Crippen LogP contribution in [0.1, 0.15) is 54.4 Å². The van der Waals surface area contributed by atoms with Gasteiger partial charge in [0.05, 0.1) is 6.04 Å². The normalized spacial score (nSPS) is 13.5. The second-order valence-corrected chi connectivity index (χ2v) is 12.2. The molecule has 0 saturated heterocycles. The average Bonchev–Trinajstić information content (AvgIpc) is 3.06. The molecule has 0 spiro atoms. The lowest BCUT2D eigenvalue weighted by atomic mass is 9.94. The van der Waals surface area contributed by atoms with Gasteiger partial charge < -0.3 is 49.4 Å². The van der Waals surface area contributed by atoms with E-state index in [4.69, 9.17) is 28.7 Å². The first-order chi connectivity index (χ1) is 24.4. The highest BCUT2D eigenvalue weighted by atomic mass is 19.4. The number of nitrogens with zero attached hydrogens (tertiary/aromatic N) is 1. The summed E-state index contributed by atoms with van der Waals surface area (Å²) < 4.78 is 42.9. The van der Waals surface area contributed by atoms with Crippen LogP contribution in [0.25, 0.3) is 0 Å². The number of hydrogen-bond acceptors (Lipinski definition) is 9. The van der Waals surface area contributed by atoms with Crippen LogP contribution in [0.3, 0.4) is 0 Å². The third kappa shape index (κ3) is 14.6. The number of primary amides is 1. The summed E-state index contributed by atoms with van der Waals surface area (Å²) in [7, 11) is 0. The van der Waals surface area contributed by atoms with Crippen LogP contribution in [0.4, 0.5) is 13.2 Å². The molecule has 18 heteroatoms. The van der Waals surface area contributed by atoms with Crippen LogP contribution >= 0.6 is 0 Å². The number of benzene rings is 2. The number of hydrogen-bond donors (Lipinski definition) is 8. The molecule has 13 N–H and O–H groups in total. The van der Waals surface area contributed by atoms with Crippen LogP contribution in [0.2, 0.25) is 0 Å². The van der Waals surface area contributed by atoms with Crippen LogP contribution < -0.4 is 49.4 Å². The molecule has 0 heterocycles. The Morgan fingerprint density at radius 1 is 0.788 bits per heavy atom. The standard InChI is InChI=1S/C34H48F3N9O6/c1-19-15-22(52-32(51)34(35,36)37)16-20(2)23(19)18-27(46-29(48)24(39)11-8-14-43-33(41)42)31(50)44-25(12-6-7-13-38)30(49)45-26(28(40)47)17-21-9-4-3-5-10-21/h3-5,9-10,15-16,24-27H,6-8,11-14,17-18,38-39H2,1-2H3,(H2,40,47)(H,44,50)(H,45,49)(H,46,48)(H4,41,42,43)/t24-,25+,26+,27+/m1/s1. The fourth-order valence-corrected chi connectivity index (χ4v) is 5.22. The molecule has 2 rings (SSSR count). The van der Waals surface area contributed by atoms with E-state index >= 15 is 0 Å². The number of guanidine groups is 1. The van der Waals surface area contributed by atoms with E-state index in [1.807, 2.05) is 0 Å². The third-order valence-electron chi connectivity index (χ3n) is 7.98. The number of unbranched alkanes of at least 4 members (excludes halogenated alkanes) is 1. The molecule has 0 aliphatic rings. The van der Waals surface area contributed by atoms with Crippen molar-refractivity contribution < 1.29 is 41.9 Å². The Morgan fingerprint density at radius 3 is 1.92 bits per heavy atom. The quantitative estimate of drug-likeness (QED) is 0.0297. The number of aliphatic imine (C=N–C) groups is 1. The SMILES string of the molecule is Cc1cc(OC(=O)C(F)(F)F)cc(C)c1C[C@H](NC(=O)[C@H](N)CCCN=C(N)N)C(=O)N[C@@H](CCCCN)C(=O)N[C@@H](Cc1ccccc1)C(N)=O. The molecule has 2 aromatic carbocycles. The number of halogens is 3. The Balaban J connectivity index is 2.39. The number of carbonyl (C=O) groups is 5. The highest BCUT2D eigenvalue weighted by Gasteiger charge is 2.41. The average molecular weight is 736 g/mol. The predicted octanol–water partition coefficient (Wildman–Crippen LogP) is 0.00594. The molecule has 2 aromatic rings. The summed E-state index contributed by atoms with van der Waals surface area (Å²) >= 11 is 0. The summed E-state index contributed by atoms with van der Waals surface area (Å²) in [6, 6.07) is 6.50. The minimum atomic E-state index is -5.22. The monoisotopic (exact) mass is 735 g/mol. The molecule has 0 saturated carbocycles. The van der Waals surface area contributed by atoms with Gasteiger partial charge in [-0.25, -0.2) is 4.79 Å². The van der Waals surface area contributed by atoms with E-state index in [0.717, 1.165) is 5.56 Å². The molecular weight excluding hydrogens is 687 g/mol. The number of aryl methyl sites for hydroxylation is 2. The van der Waals surface area contributed by atoms with Gasteiger partial charge in [0.25, 0.3) is 0 Å². The molecule has 52 heavy (non-hydrogen) atoms. The second kappa shape index (κ2) is 20.6. The van der Waals surface area contributed by atoms with Gasteiger partial charge in [-0.05, 0) is 86.9 Å². The minimum Gasteiger partial charge on any atom is -0.420 e. The first-order valence-corrected chi connectivity index (χ1v) is 16.6. The van der Waals surface area contributed by atoms with Crippen LogP contribution in [0.15, 0.2) is 47.5 Å². The summed E-state index contributed by atoms with van der Waals surface area (Å²) in [5.41, 5.74) is 29.9. The molecule has 15 nitrogen and oxygen atoms in total. The van der Waals surface area contributed by atoms with Crippen molar-refractivity contribution in [2.75, 3.05) is 13.1 Å². The maximum atomic E-state index is 13.9. The molecule has 0 fully saturated rings. The van der Waals surface area contributed by atoms with Crippen molar-refractivity contribution in [2.24, 2.45) is 33.7 Å². The number of rotatable bonds is 20. The third-order valence-corrected chi connectivity index (χ3v) is 7.98. The number of esters is 1. The summed E-state index contributed by atoms with van der Waals surface area (Å²) in [5.74, 6) is -5.90. The Morgan fingerprint density at radius 2 is 1.37 bits per heavy atom. The number of nitrogens with one attached hydrogen (secondary N) is 3. The zero-order valence-corrected chi connectivity index (χ0v) is 29.1. The van der Waals surface area contributed by atoms with Gasteiger partial charge in [0, 0.05) is 19.4 Å². The summed E-state index contributed by atoms with van der Waals surface area (Å²) in [6.07, 6.45) is -3.78. The van der Waals surface area contributed by atoms with E-state index < -0.39 is 59.9 Å². The van der Waals surface area contributed by atoms with Crippen molar-refractivity contribution in [1.29, 1.82) is 0 Å². The maximum absolute atomic E-state index is 13.9. The Hall–Kier alpha value is -5.23. The molecule has 4 atom stereocenters. The van der Waals surface area contributed by atoms with Gasteiger partial charge in [-0.2, -0.15) is 13.2 Å². The Bertz CT molecular complexity index is 1550. The van der Waals surface area contributed by atoms with E-state index in [9.17, 15) is 37.1 Å². The molecule has 0 unspecified atom stereocenters. The molecule has 4 amide bonds. The second-order valence-electron chi connectivity index (χ2n) is 12.2. The molecule has 0 aliphatic heterocycles. The van der Waals surface area contributed by atoms with Gasteiger partial charge in [0.1, 0.15) is 23.9 Å². The van der Waals surface area contributed by atoms with Crippen LogP contribution in [-0.2, 0) is 36.8 Å². The lowest BCUT2D eigenvalue weighted by Crippen LogP contribution is -2.58. The van der Waals surface area contributed by atoms with Crippen molar-refractivity contribution in [3.8, 4) is 5.75 Å². The van der Waals surface area contributed by atoms with E-state index in [2.05, 4.69) is 25.7 Å². The lowest BCUT2D eigenvalue weighted by Gasteiger charge is -2.26. The number of nitrogens with two attached hydrogens (primary N) is 5. The number of alkyl halides is 3. The number of amides is 4. The van der Waals surface area contributed by atoms with Gasteiger partial charge >= 0.3 is 12.1 Å². The minimum absolute atomic E-state index is 0.0952. The molecular formula is C34H48F3N9O6. The molecule has 0 radical (unpaired) electrons. The van der Waals surface area contributed by atoms with Crippen LogP contribution in [-0.4, -0.2) is 79.0 Å². The smallest absolute Gasteiger partial charge is 0.420 e. The predicted molar refractivity (Wildman–Crippen MR) is 187 cm³/mol. The van der Waals surface area contributed by atoms with Gasteiger partial charge in [-0.3, -0.25) is 24.2 Å². The molecule has 0 aromatic heterocycles. The fourth-order valence-electron chi connectivity index (χ4n) is 5.22. The van der Waals surface area contributed by atoms with Crippen molar-refractivity contribution in [1.82, 2.24) is 16.0 Å². The zero-order chi connectivity index (χ0) is 39.0. The van der Waals surface area contributed by atoms with Gasteiger partial charge in [0.15, 0.2) is 5.96 Å². The Labute approximate surface area is 299 Å². The lowest BCUT2D eigenvalue weighted by molar-refractivity contribution is -0.189. The van der Waals surface area contributed by atoms with E-state index in [1.54, 1.807) is 30.3 Å². The topological polar surface area (TPSA) is 273 Å². The van der Waals surface area contributed by atoms with Crippen LogP contribution in [0.5, 0.6) is 5.75 Å². The van der Waals surface area contributed by atoms with E-state index in [-0.39, 0.29) is 43.9 Å². The van der Waals surface area contributed by atoms with Gasteiger partial charge in [-0.15, -0.1) is 0 Å². The van der Waals surface area contributed by atoms with Crippen molar-refractivity contribution in [3.63, 3.8) is 0 Å². The summed E-state index contributed by atoms with van der Waals surface area (Å²) in [4.78, 5) is 68.3. The Kier molecular flexibility index (Phi) is 17.0.